The van der Waals surface area contributed by atoms with Gasteiger partial charge in [0, 0.05) is 17.9 Å². The fraction of sp³-hybridized carbons (Fsp3) is 0.357. The van der Waals surface area contributed by atoms with E-state index in [2.05, 4.69) is 9.55 Å². The van der Waals surface area contributed by atoms with Crippen LogP contribution >= 0.6 is 11.8 Å². The van der Waals surface area contributed by atoms with Gasteiger partial charge in [-0.3, -0.25) is 0 Å². The zero-order chi connectivity index (χ0) is 13.5. The predicted molar refractivity (Wildman–Crippen MR) is 75.3 cm³/mol. The summed E-state index contributed by atoms with van der Waals surface area (Å²) in [6.07, 6.45) is 0. The molecule has 2 aromatic rings. The Morgan fingerprint density at radius 2 is 2.10 bits per heavy atom. The van der Waals surface area contributed by atoms with Crippen LogP contribution in [-0.4, -0.2) is 33.6 Å². The first-order valence-electron chi connectivity index (χ1n) is 6.60. The molecule has 0 bridgehead atoms. The van der Waals surface area contributed by atoms with Crippen LogP contribution in [0.25, 0.3) is 11.3 Å². The molecule has 5 nitrogen and oxygen atoms in total. The van der Waals surface area contributed by atoms with Crippen LogP contribution < -0.4 is 9.47 Å². The maximum atomic E-state index is 9.65. The number of nitrogens with zero attached hydrogens (tertiary/aromatic N) is 2. The van der Waals surface area contributed by atoms with Gasteiger partial charge in [0.05, 0.1) is 18.0 Å². The predicted octanol–water partition coefficient (Wildman–Crippen LogP) is 1.92. The largest absolute Gasteiger partial charge is 0.486 e. The maximum absolute atomic E-state index is 9.65. The number of aromatic nitrogens is 2. The van der Waals surface area contributed by atoms with Crippen molar-refractivity contribution in [2.75, 3.05) is 19.0 Å². The molecule has 20 heavy (non-hydrogen) atoms. The molecule has 2 aliphatic heterocycles. The Labute approximate surface area is 120 Å². The van der Waals surface area contributed by atoms with Gasteiger partial charge in [0.1, 0.15) is 13.2 Å². The van der Waals surface area contributed by atoms with Crippen molar-refractivity contribution < 1.29 is 14.6 Å². The van der Waals surface area contributed by atoms with E-state index < -0.39 is 0 Å². The van der Waals surface area contributed by atoms with E-state index in [1.807, 2.05) is 18.2 Å². The molecule has 3 heterocycles. The molecule has 0 radical (unpaired) electrons. The second-order valence-electron chi connectivity index (χ2n) is 4.71. The van der Waals surface area contributed by atoms with E-state index in [0.29, 0.717) is 13.2 Å². The van der Waals surface area contributed by atoms with Gasteiger partial charge < -0.3 is 19.1 Å². The van der Waals surface area contributed by atoms with Crippen LogP contribution in [0.2, 0.25) is 0 Å². The first-order valence-corrected chi connectivity index (χ1v) is 7.58. The third kappa shape index (κ3) is 1.79. The minimum Gasteiger partial charge on any atom is -0.486 e. The molecule has 4 rings (SSSR count). The number of thioether (sulfide) groups is 1. The summed E-state index contributed by atoms with van der Waals surface area (Å²) in [5.74, 6) is 2.54. The lowest BCUT2D eigenvalue weighted by Crippen LogP contribution is -2.15. The number of aliphatic hydroxyl groups is 1. The fourth-order valence-corrected chi connectivity index (χ4v) is 3.58. The monoisotopic (exact) mass is 290 g/mol. The molecule has 6 heteroatoms. The third-order valence-electron chi connectivity index (χ3n) is 3.55. The van der Waals surface area contributed by atoms with Crippen molar-refractivity contribution in [1.82, 2.24) is 9.55 Å². The molecule has 0 fully saturated rings. The summed E-state index contributed by atoms with van der Waals surface area (Å²) in [5, 5.41) is 10.6. The Morgan fingerprint density at radius 1 is 1.25 bits per heavy atom. The van der Waals surface area contributed by atoms with Crippen molar-refractivity contribution in [2.24, 2.45) is 0 Å². The first-order chi connectivity index (χ1) is 9.86. The lowest BCUT2D eigenvalue weighted by molar-refractivity contribution is 0.171. The SMILES string of the molecule is OCc1c(-c2ccc3c(c2)OCCO3)nc2n1CCS2. The minimum atomic E-state index is -0.00264. The highest BCUT2D eigenvalue weighted by Crippen LogP contribution is 2.37. The topological polar surface area (TPSA) is 56.5 Å². The lowest BCUT2D eigenvalue weighted by Gasteiger charge is -2.18. The van der Waals surface area contributed by atoms with Gasteiger partial charge in [0.15, 0.2) is 16.7 Å². The van der Waals surface area contributed by atoms with Crippen molar-refractivity contribution in [3.05, 3.63) is 23.9 Å². The van der Waals surface area contributed by atoms with E-state index in [-0.39, 0.29) is 6.61 Å². The van der Waals surface area contributed by atoms with Gasteiger partial charge in [-0.15, -0.1) is 0 Å². The van der Waals surface area contributed by atoms with Crippen LogP contribution in [0.4, 0.5) is 0 Å². The van der Waals surface area contributed by atoms with Crippen LogP contribution in [0.3, 0.4) is 0 Å². The molecule has 2 aliphatic rings. The van der Waals surface area contributed by atoms with E-state index in [1.165, 1.54) is 0 Å². The molecule has 0 aliphatic carbocycles. The van der Waals surface area contributed by atoms with Crippen molar-refractivity contribution in [1.29, 1.82) is 0 Å². The molecule has 0 unspecified atom stereocenters. The second kappa shape index (κ2) is 4.71. The summed E-state index contributed by atoms with van der Waals surface area (Å²) < 4.78 is 13.2. The van der Waals surface area contributed by atoms with Crippen LogP contribution in [-0.2, 0) is 13.2 Å². The average Bonchev–Trinajstić information content (AvgIpc) is 3.07. The molecule has 1 N–H and O–H groups in total. The van der Waals surface area contributed by atoms with Gasteiger partial charge in [-0.1, -0.05) is 11.8 Å². The van der Waals surface area contributed by atoms with Crippen molar-refractivity contribution in [3.63, 3.8) is 0 Å². The third-order valence-corrected chi connectivity index (χ3v) is 4.51. The number of benzene rings is 1. The normalized spacial score (nSPS) is 16.2. The fourth-order valence-electron chi connectivity index (χ4n) is 2.61. The minimum absolute atomic E-state index is 0.00264. The summed E-state index contributed by atoms with van der Waals surface area (Å²) in [6, 6.07) is 5.81. The van der Waals surface area contributed by atoms with Crippen molar-refractivity contribution in [3.8, 4) is 22.8 Å². The summed E-state index contributed by atoms with van der Waals surface area (Å²) in [7, 11) is 0. The number of rotatable bonds is 2. The Hall–Kier alpha value is -1.66. The van der Waals surface area contributed by atoms with Crippen LogP contribution in [0.1, 0.15) is 5.69 Å². The van der Waals surface area contributed by atoms with Crippen molar-refractivity contribution in [2.45, 2.75) is 18.3 Å². The molecule has 0 amide bonds. The van der Waals surface area contributed by atoms with Gasteiger partial charge in [-0.25, -0.2) is 4.98 Å². The van der Waals surface area contributed by atoms with Gasteiger partial charge in [-0.2, -0.15) is 0 Å². The van der Waals surface area contributed by atoms with Gasteiger partial charge in [0.2, 0.25) is 0 Å². The number of hydrogen-bond donors (Lipinski definition) is 1. The maximum Gasteiger partial charge on any atom is 0.168 e. The highest BCUT2D eigenvalue weighted by atomic mass is 32.2. The Kier molecular flexibility index (Phi) is 2.85. The van der Waals surface area contributed by atoms with Crippen molar-refractivity contribution >= 4 is 11.8 Å². The standard InChI is InChI=1S/C14H14N2O3S/c17-8-10-13(15-14-16(10)3-6-20-14)9-1-2-11-12(7-9)19-5-4-18-11/h1-2,7,17H,3-6,8H2. The molecule has 0 saturated heterocycles. The smallest absolute Gasteiger partial charge is 0.168 e. The molecule has 104 valence electrons. The molecular weight excluding hydrogens is 276 g/mol. The van der Waals surface area contributed by atoms with E-state index >= 15 is 0 Å². The van der Waals surface area contributed by atoms with E-state index in [1.54, 1.807) is 11.8 Å². The summed E-state index contributed by atoms with van der Waals surface area (Å²) >= 11 is 1.73. The number of hydrogen-bond acceptors (Lipinski definition) is 5. The zero-order valence-corrected chi connectivity index (χ0v) is 11.7. The first kappa shape index (κ1) is 12.1. The van der Waals surface area contributed by atoms with Gasteiger partial charge in [-0.05, 0) is 18.2 Å². The summed E-state index contributed by atoms with van der Waals surface area (Å²) in [4.78, 5) is 4.65. The Balaban J connectivity index is 1.81. The van der Waals surface area contributed by atoms with Gasteiger partial charge >= 0.3 is 0 Å². The van der Waals surface area contributed by atoms with Gasteiger partial charge in [0.25, 0.3) is 0 Å². The Bertz CT molecular complexity index is 669. The van der Waals surface area contributed by atoms with Crippen LogP contribution in [0, 0.1) is 0 Å². The van der Waals surface area contributed by atoms with Crippen LogP contribution in [0.15, 0.2) is 23.4 Å². The van der Waals surface area contributed by atoms with E-state index in [9.17, 15) is 5.11 Å². The Morgan fingerprint density at radius 3 is 2.95 bits per heavy atom. The molecular formula is C14H14N2O3S. The summed E-state index contributed by atoms with van der Waals surface area (Å²) in [5.41, 5.74) is 2.68. The van der Waals surface area contributed by atoms with E-state index in [4.69, 9.17) is 9.47 Å². The molecule has 1 aromatic heterocycles. The molecule has 0 spiro atoms. The number of ether oxygens (including phenoxy) is 2. The molecule has 0 saturated carbocycles. The lowest BCUT2D eigenvalue weighted by atomic mass is 10.1. The average molecular weight is 290 g/mol. The quantitative estimate of drug-likeness (QED) is 0.915. The summed E-state index contributed by atoms with van der Waals surface area (Å²) in [6.45, 7) is 2.06. The molecule has 1 aromatic carbocycles. The second-order valence-corrected chi connectivity index (χ2v) is 5.77. The number of aliphatic hydroxyl groups excluding tert-OH is 1. The molecule has 0 atom stereocenters. The zero-order valence-electron chi connectivity index (χ0n) is 10.8. The highest BCUT2D eigenvalue weighted by Gasteiger charge is 2.23. The van der Waals surface area contributed by atoms with Crippen LogP contribution in [0.5, 0.6) is 11.5 Å². The number of imidazole rings is 1. The number of fused-ring (bicyclic) bond motifs is 2. The van der Waals surface area contributed by atoms with E-state index in [0.717, 1.165) is 45.9 Å². The highest BCUT2D eigenvalue weighted by molar-refractivity contribution is 7.99.